The lowest BCUT2D eigenvalue weighted by atomic mass is 10.0. The highest BCUT2D eigenvalue weighted by Crippen LogP contribution is 2.23. The Balaban J connectivity index is 2.47. The number of hydrogen-bond acceptors (Lipinski definition) is 4. The van der Waals surface area contributed by atoms with Crippen molar-refractivity contribution in [1.29, 1.82) is 0 Å². The summed E-state index contributed by atoms with van der Waals surface area (Å²) in [5.41, 5.74) is 6.81. The molecular formula is C14H24N2O2. The molecule has 0 aromatic heterocycles. The highest BCUT2D eigenvalue weighted by molar-refractivity contribution is 5.38. The van der Waals surface area contributed by atoms with Crippen molar-refractivity contribution in [3.05, 3.63) is 23.8 Å². The van der Waals surface area contributed by atoms with E-state index in [2.05, 4.69) is 18.7 Å². The van der Waals surface area contributed by atoms with E-state index in [1.165, 1.54) is 6.07 Å². The first-order valence-corrected chi connectivity index (χ1v) is 6.35. The van der Waals surface area contributed by atoms with Crippen LogP contribution in [-0.2, 0) is 6.54 Å². The third-order valence-electron chi connectivity index (χ3n) is 3.21. The number of hydrogen-bond donors (Lipinski definition) is 3. The van der Waals surface area contributed by atoms with Gasteiger partial charge in [-0.05, 0) is 32.0 Å². The summed E-state index contributed by atoms with van der Waals surface area (Å²) in [6.07, 6.45) is 0.938. The summed E-state index contributed by atoms with van der Waals surface area (Å²) in [4.78, 5) is 2.12. The molecule has 4 heteroatoms. The lowest BCUT2D eigenvalue weighted by Crippen LogP contribution is -2.31. The van der Waals surface area contributed by atoms with Crippen LogP contribution in [0.25, 0.3) is 0 Å². The van der Waals surface area contributed by atoms with Gasteiger partial charge >= 0.3 is 0 Å². The van der Waals surface area contributed by atoms with Crippen molar-refractivity contribution in [3.63, 3.8) is 0 Å². The van der Waals surface area contributed by atoms with E-state index in [0.717, 1.165) is 18.5 Å². The van der Waals surface area contributed by atoms with E-state index < -0.39 is 0 Å². The van der Waals surface area contributed by atoms with Gasteiger partial charge in [-0.15, -0.1) is 0 Å². The van der Waals surface area contributed by atoms with Gasteiger partial charge in [0.15, 0.2) is 0 Å². The first-order valence-electron chi connectivity index (χ1n) is 6.35. The summed E-state index contributed by atoms with van der Waals surface area (Å²) in [6, 6.07) is 4.90. The SMILES string of the molecule is CC(C)C(N)CCN(C)Cc1ccc(O)cc1O. The second-order valence-electron chi connectivity index (χ2n) is 5.25. The molecule has 0 saturated heterocycles. The Labute approximate surface area is 109 Å². The van der Waals surface area contributed by atoms with Crippen LogP contribution < -0.4 is 5.73 Å². The molecule has 0 aliphatic carbocycles. The van der Waals surface area contributed by atoms with E-state index in [1.54, 1.807) is 12.1 Å². The predicted molar refractivity (Wildman–Crippen MR) is 73.5 cm³/mol. The van der Waals surface area contributed by atoms with E-state index in [1.807, 2.05) is 7.05 Å². The molecule has 0 saturated carbocycles. The number of phenolic OH excluding ortho intramolecular Hbond substituents is 2. The molecule has 0 aliphatic heterocycles. The third kappa shape index (κ3) is 4.55. The number of phenols is 2. The molecule has 0 aliphatic rings. The maximum Gasteiger partial charge on any atom is 0.123 e. The number of benzene rings is 1. The summed E-state index contributed by atoms with van der Waals surface area (Å²) in [5, 5.41) is 18.9. The average molecular weight is 252 g/mol. The monoisotopic (exact) mass is 252 g/mol. The summed E-state index contributed by atoms with van der Waals surface area (Å²) >= 11 is 0. The summed E-state index contributed by atoms with van der Waals surface area (Å²) in [7, 11) is 2.00. The van der Waals surface area contributed by atoms with Gasteiger partial charge in [-0.3, -0.25) is 0 Å². The molecule has 0 heterocycles. The quantitative estimate of drug-likeness (QED) is 0.723. The maximum atomic E-state index is 9.69. The standard InChI is InChI=1S/C14H24N2O2/c1-10(2)13(15)6-7-16(3)9-11-4-5-12(17)8-14(11)18/h4-5,8,10,13,17-18H,6-7,9,15H2,1-3H3. The Hall–Kier alpha value is -1.26. The van der Waals surface area contributed by atoms with Gasteiger partial charge in [0, 0.05) is 24.2 Å². The van der Waals surface area contributed by atoms with E-state index in [0.29, 0.717) is 12.5 Å². The summed E-state index contributed by atoms with van der Waals surface area (Å²) in [5.74, 6) is 0.705. The zero-order chi connectivity index (χ0) is 13.7. The minimum Gasteiger partial charge on any atom is -0.508 e. The average Bonchev–Trinajstić information content (AvgIpc) is 2.29. The molecule has 102 valence electrons. The Morgan fingerprint density at radius 1 is 1.28 bits per heavy atom. The molecule has 1 rings (SSSR count). The van der Waals surface area contributed by atoms with Crippen LogP contribution in [0, 0.1) is 5.92 Å². The molecular weight excluding hydrogens is 228 g/mol. The Bertz CT molecular complexity index is 380. The first-order chi connectivity index (χ1) is 8.40. The fraction of sp³-hybridized carbons (Fsp3) is 0.571. The van der Waals surface area contributed by atoms with Crippen molar-refractivity contribution in [2.24, 2.45) is 11.7 Å². The van der Waals surface area contributed by atoms with Gasteiger partial charge in [-0.25, -0.2) is 0 Å². The van der Waals surface area contributed by atoms with Crippen LogP contribution in [-0.4, -0.2) is 34.7 Å². The lowest BCUT2D eigenvalue weighted by Gasteiger charge is -2.21. The molecule has 0 fully saturated rings. The van der Waals surface area contributed by atoms with E-state index in [-0.39, 0.29) is 17.5 Å². The molecule has 0 spiro atoms. The molecule has 0 amide bonds. The van der Waals surface area contributed by atoms with Crippen molar-refractivity contribution in [2.45, 2.75) is 32.9 Å². The Kier molecular flexibility index (Phi) is 5.44. The van der Waals surface area contributed by atoms with Crippen LogP contribution in [0.3, 0.4) is 0 Å². The van der Waals surface area contributed by atoms with Gasteiger partial charge in [0.2, 0.25) is 0 Å². The van der Waals surface area contributed by atoms with Crippen LogP contribution in [0.1, 0.15) is 25.8 Å². The number of aromatic hydroxyl groups is 2. The Morgan fingerprint density at radius 3 is 2.50 bits per heavy atom. The fourth-order valence-corrected chi connectivity index (χ4v) is 1.76. The molecule has 0 radical (unpaired) electrons. The van der Waals surface area contributed by atoms with Crippen molar-refractivity contribution < 1.29 is 10.2 Å². The van der Waals surface area contributed by atoms with E-state index in [4.69, 9.17) is 5.73 Å². The van der Waals surface area contributed by atoms with Crippen LogP contribution in [0.4, 0.5) is 0 Å². The first kappa shape index (κ1) is 14.8. The largest absolute Gasteiger partial charge is 0.508 e. The molecule has 1 atom stereocenters. The van der Waals surface area contributed by atoms with Crippen LogP contribution in [0.15, 0.2) is 18.2 Å². The molecule has 4 nitrogen and oxygen atoms in total. The normalized spacial score (nSPS) is 13.2. The minimum atomic E-state index is 0.0840. The minimum absolute atomic E-state index is 0.0840. The molecule has 4 N–H and O–H groups in total. The van der Waals surface area contributed by atoms with Gasteiger partial charge in [0.1, 0.15) is 11.5 Å². The number of nitrogens with zero attached hydrogens (tertiary/aromatic N) is 1. The number of rotatable bonds is 6. The van der Waals surface area contributed by atoms with Crippen molar-refractivity contribution in [2.75, 3.05) is 13.6 Å². The van der Waals surface area contributed by atoms with Crippen LogP contribution in [0.2, 0.25) is 0 Å². The zero-order valence-electron chi connectivity index (χ0n) is 11.4. The predicted octanol–water partition coefficient (Wildman–Crippen LogP) is 1.90. The highest BCUT2D eigenvalue weighted by Gasteiger charge is 2.10. The topological polar surface area (TPSA) is 69.7 Å². The molecule has 1 aromatic rings. The van der Waals surface area contributed by atoms with Crippen LogP contribution >= 0.6 is 0 Å². The Morgan fingerprint density at radius 2 is 1.94 bits per heavy atom. The van der Waals surface area contributed by atoms with Gasteiger partial charge in [-0.1, -0.05) is 19.9 Å². The summed E-state index contributed by atoms with van der Waals surface area (Å²) in [6.45, 7) is 5.78. The number of nitrogens with two attached hydrogens (primary N) is 1. The second-order valence-corrected chi connectivity index (χ2v) is 5.25. The van der Waals surface area contributed by atoms with Crippen molar-refractivity contribution >= 4 is 0 Å². The van der Waals surface area contributed by atoms with Crippen LogP contribution in [0.5, 0.6) is 11.5 Å². The van der Waals surface area contributed by atoms with E-state index >= 15 is 0 Å². The zero-order valence-corrected chi connectivity index (χ0v) is 11.4. The van der Waals surface area contributed by atoms with Gasteiger partial charge < -0.3 is 20.8 Å². The second kappa shape index (κ2) is 6.61. The lowest BCUT2D eigenvalue weighted by molar-refractivity contribution is 0.292. The summed E-state index contributed by atoms with van der Waals surface area (Å²) < 4.78 is 0. The van der Waals surface area contributed by atoms with E-state index in [9.17, 15) is 10.2 Å². The molecule has 18 heavy (non-hydrogen) atoms. The molecule has 1 aromatic carbocycles. The third-order valence-corrected chi connectivity index (χ3v) is 3.21. The van der Waals surface area contributed by atoms with Crippen molar-refractivity contribution in [3.8, 4) is 11.5 Å². The van der Waals surface area contributed by atoms with Gasteiger partial charge in [0.05, 0.1) is 0 Å². The molecule has 1 unspecified atom stereocenters. The van der Waals surface area contributed by atoms with Gasteiger partial charge in [-0.2, -0.15) is 0 Å². The fourth-order valence-electron chi connectivity index (χ4n) is 1.76. The smallest absolute Gasteiger partial charge is 0.123 e. The van der Waals surface area contributed by atoms with Gasteiger partial charge in [0.25, 0.3) is 0 Å². The maximum absolute atomic E-state index is 9.69. The van der Waals surface area contributed by atoms with Crippen molar-refractivity contribution in [1.82, 2.24) is 4.90 Å². The molecule has 0 bridgehead atoms. The highest BCUT2D eigenvalue weighted by atomic mass is 16.3.